The van der Waals surface area contributed by atoms with Crippen LogP contribution in [0.1, 0.15) is 19.4 Å². The zero-order chi connectivity index (χ0) is 26.6. The largest absolute Gasteiger partial charge is 0.480 e. The normalized spacial score (nSPS) is 12.5. The van der Waals surface area contributed by atoms with E-state index in [4.69, 9.17) is 0 Å². The third-order valence-corrected chi connectivity index (χ3v) is 7.45. The molecule has 0 fully saturated rings. The second-order valence-corrected chi connectivity index (χ2v) is 10.7. The summed E-state index contributed by atoms with van der Waals surface area (Å²) in [6.45, 7) is 3.28. The first kappa shape index (κ1) is 27.0. The van der Waals surface area contributed by atoms with Gasteiger partial charge in [0.15, 0.2) is 0 Å². The molecule has 0 aliphatic rings. The molecule has 0 aliphatic carbocycles. The number of halogens is 2. The van der Waals surface area contributed by atoms with E-state index in [1.165, 1.54) is 19.2 Å². The summed E-state index contributed by atoms with van der Waals surface area (Å²) >= 11 is 0. The van der Waals surface area contributed by atoms with E-state index in [0.717, 1.165) is 28.1 Å². The smallest absolute Gasteiger partial charge is 0.322 e. The Bertz CT molecular complexity index is 1340. The molecule has 0 saturated heterocycles. The molecule has 0 aliphatic heterocycles. The van der Waals surface area contributed by atoms with Crippen molar-refractivity contribution in [2.75, 3.05) is 12.4 Å². The number of rotatable bonds is 9. The molecule has 0 spiro atoms. The molecule has 190 valence electrons. The van der Waals surface area contributed by atoms with E-state index in [1.807, 2.05) is 0 Å². The fraction of sp³-hybridized carbons (Fsp3) is 0.231. The summed E-state index contributed by atoms with van der Waals surface area (Å²) in [6.07, 6.45) is -0.194. The van der Waals surface area contributed by atoms with Gasteiger partial charge < -0.3 is 10.4 Å². The van der Waals surface area contributed by atoms with Crippen LogP contribution in [0.5, 0.6) is 0 Å². The number of hydrogen-bond donors (Lipinski definition) is 2. The molecule has 3 rings (SSSR count). The van der Waals surface area contributed by atoms with Crippen molar-refractivity contribution >= 4 is 27.6 Å². The highest BCUT2D eigenvalue weighted by Gasteiger charge is 2.34. The summed E-state index contributed by atoms with van der Waals surface area (Å²) < 4.78 is 53.3. The van der Waals surface area contributed by atoms with Crippen LogP contribution in [0.15, 0.2) is 71.6 Å². The molecule has 0 radical (unpaired) electrons. The Morgan fingerprint density at radius 3 is 1.89 bits per heavy atom. The number of anilines is 1. The monoisotopic (exact) mass is 516 g/mol. The standard InChI is InChI=1S/C26H26F2N2O5S/c1-16(2)25(26(32)33)30(3)36(34,35)23-10-6-19(7-11-23)18-4-8-22(9-5-18)29-24(31)14-17-12-20(27)15-21(28)13-17/h4-13,15-16,25H,14H2,1-3H3,(H,29,31)(H,32,33)/t25-/m0/s1. The van der Waals surface area contributed by atoms with Gasteiger partial charge in [-0.2, -0.15) is 4.31 Å². The zero-order valence-corrected chi connectivity index (χ0v) is 20.7. The second-order valence-electron chi connectivity index (χ2n) is 8.65. The lowest BCUT2D eigenvalue weighted by molar-refractivity contribution is -0.142. The molecule has 0 unspecified atom stereocenters. The Morgan fingerprint density at radius 2 is 1.42 bits per heavy atom. The number of sulfonamides is 1. The van der Waals surface area contributed by atoms with E-state index in [9.17, 15) is 31.9 Å². The van der Waals surface area contributed by atoms with E-state index in [2.05, 4.69) is 5.32 Å². The zero-order valence-electron chi connectivity index (χ0n) is 19.9. The average molecular weight is 517 g/mol. The van der Waals surface area contributed by atoms with Gasteiger partial charge >= 0.3 is 5.97 Å². The molecule has 36 heavy (non-hydrogen) atoms. The third kappa shape index (κ3) is 6.32. The number of carboxylic acids is 1. The molecule has 3 aromatic rings. The highest BCUT2D eigenvalue weighted by Crippen LogP contribution is 2.26. The van der Waals surface area contributed by atoms with Crippen LogP contribution in [0.3, 0.4) is 0 Å². The fourth-order valence-electron chi connectivity index (χ4n) is 3.85. The van der Waals surface area contributed by atoms with Gasteiger partial charge in [0.25, 0.3) is 0 Å². The average Bonchev–Trinajstić information content (AvgIpc) is 2.78. The number of amides is 1. The van der Waals surface area contributed by atoms with Crippen LogP contribution in [0.2, 0.25) is 0 Å². The van der Waals surface area contributed by atoms with Crippen molar-refractivity contribution in [1.82, 2.24) is 4.31 Å². The molecule has 7 nitrogen and oxygen atoms in total. The molecule has 0 aromatic heterocycles. The minimum atomic E-state index is -4.02. The summed E-state index contributed by atoms with van der Waals surface area (Å²) in [5.41, 5.74) is 2.16. The SMILES string of the molecule is CC(C)[C@@H](C(=O)O)N(C)S(=O)(=O)c1ccc(-c2ccc(NC(=O)Cc3cc(F)cc(F)c3)cc2)cc1. The molecule has 2 N–H and O–H groups in total. The predicted octanol–water partition coefficient (Wildman–Crippen LogP) is 4.54. The number of carbonyl (C=O) groups excluding carboxylic acids is 1. The molecular weight excluding hydrogens is 490 g/mol. The molecular formula is C26H26F2N2O5S. The quantitative estimate of drug-likeness (QED) is 0.435. The van der Waals surface area contributed by atoms with Crippen molar-refractivity contribution in [2.45, 2.75) is 31.2 Å². The molecule has 1 amide bonds. The van der Waals surface area contributed by atoms with Gasteiger partial charge in [-0.25, -0.2) is 17.2 Å². The van der Waals surface area contributed by atoms with Crippen LogP contribution >= 0.6 is 0 Å². The lowest BCUT2D eigenvalue weighted by Crippen LogP contribution is -2.45. The lowest BCUT2D eigenvalue weighted by atomic mass is 10.1. The predicted molar refractivity (Wildman–Crippen MR) is 132 cm³/mol. The van der Waals surface area contributed by atoms with E-state index >= 15 is 0 Å². The maximum absolute atomic E-state index is 13.3. The molecule has 1 atom stereocenters. The Morgan fingerprint density at radius 1 is 0.917 bits per heavy atom. The molecule has 3 aromatic carbocycles. The molecule has 0 saturated carbocycles. The number of benzene rings is 3. The third-order valence-electron chi connectivity index (χ3n) is 5.60. The van der Waals surface area contributed by atoms with E-state index in [1.54, 1.807) is 50.2 Å². The number of hydrogen-bond acceptors (Lipinski definition) is 4. The Kier molecular flexibility index (Phi) is 8.21. The van der Waals surface area contributed by atoms with Gasteiger partial charge in [0, 0.05) is 18.8 Å². The number of carboxylic acid groups (broad SMARTS) is 1. The van der Waals surface area contributed by atoms with Crippen molar-refractivity contribution in [2.24, 2.45) is 5.92 Å². The van der Waals surface area contributed by atoms with Gasteiger partial charge in [-0.1, -0.05) is 38.1 Å². The van der Waals surface area contributed by atoms with Gasteiger partial charge in [0.2, 0.25) is 15.9 Å². The number of aliphatic carboxylic acids is 1. The van der Waals surface area contributed by atoms with Gasteiger partial charge in [-0.3, -0.25) is 9.59 Å². The van der Waals surface area contributed by atoms with Crippen LogP contribution < -0.4 is 5.32 Å². The van der Waals surface area contributed by atoms with Crippen LogP contribution in [0.4, 0.5) is 14.5 Å². The summed E-state index contributed by atoms with van der Waals surface area (Å²) in [6, 6.07) is 14.5. The van der Waals surface area contributed by atoms with Gasteiger partial charge in [-0.05, 0) is 59.0 Å². The first-order chi connectivity index (χ1) is 16.9. The van der Waals surface area contributed by atoms with Gasteiger partial charge in [-0.15, -0.1) is 0 Å². The van der Waals surface area contributed by atoms with Crippen molar-refractivity contribution in [3.05, 3.63) is 83.9 Å². The minimum absolute atomic E-state index is 0.0293. The number of carbonyl (C=O) groups is 2. The molecule has 0 heterocycles. The summed E-state index contributed by atoms with van der Waals surface area (Å²) in [5.74, 6) is -3.59. The summed E-state index contributed by atoms with van der Waals surface area (Å²) in [7, 11) is -2.77. The van der Waals surface area contributed by atoms with E-state index in [0.29, 0.717) is 11.3 Å². The van der Waals surface area contributed by atoms with Crippen molar-refractivity contribution < 1.29 is 31.9 Å². The molecule has 0 bridgehead atoms. The summed E-state index contributed by atoms with van der Waals surface area (Å²) in [5, 5.41) is 12.1. The maximum atomic E-state index is 13.3. The Balaban J connectivity index is 1.70. The Labute approximate surface area is 208 Å². The van der Waals surface area contributed by atoms with Crippen LogP contribution in [-0.2, 0) is 26.0 Å². The lowest BCUT2D eigenvalue weighted by Gasteiger charge is -2.27. The Hall–Kier alpha value is -3.63. The highest BCUT2D eigenvalue weighted by atomic mass is 32.2. The fourth-order valence-corrected chi connectivity index (χ4v) is 5.29. The van der Waals surface area contributed by atoms with E-state index in [-0.39, 0.29) is 16.9 Å². The topological polar surface area (TPSA) is 104 Å². The van der Waals surface area contributed by atoms with Crippen molar-refractivity contribution in [3.8, 4) is 11.1 Å². The van der Waals surface area contributed by atoms with Gasteiger partial charge in [0.1, 0.15) is 17.7 Å². The van der Waals surface area contributed by atoms with Crippen LogP contribution in [0.25, 0.3) is 11.1 Å². The maximum Gasteiger partial charge on any atom is 0.322 e. The first-order valence-electron chi connectivity index (χ1n) is 11.0. The van der Waals surface area contributed by atoms with Crippen LogP contribution in [0, 0.1) is 17.6 Å². The number of nitrogens with zero attached hydrogens (tertiary/aromatic N) is 1. The number of likely N-dealkylation sites (N-methyl/N-ethyl adjacent to an activating group) is 1. The first-order valence-corrected chi connectivity index (χ1v) is 12.5. The summed E-state index contributed by atoms with van der Waals surface area (Å²) in [4.78, 5) is 23.7. The van der Waals surface area contributed by atoms with Gasteiger partial charge in [0.05, 0.1) is 11.3 Å². The van der Waals surface area contributed by atoms with Crippen molar-refractivity contribution in [1.29, 1.82) is 0 Å². The van der Waals surface area contributed by atoms with Crippen molar-refractivity contribution in [3.63, 3.8) is 0 Å². The van der Waals surface area contributed by atoms with Crippen LogP contribution in [-0.4, -0.2) is 42.8 Å². The molecule has 10 heteroatoms. The van der Waals surface area contributed by atoms with E-state index < -0.39 is 45.5 Å². The second kappa shape index (κ2) is 11.0. The highest BCUT2D eigenvalue weighted by molar-refractivity contribution is 7.89. The minimum Gasteiger partial charge on any atom is -0.480 e. The number of nitrogens with one attached hydrogen (secondary N) is 1.